The summed E-state index contributed by atoms with van der Waals surface area (Å²) in [5.41, 5.74) is 0.672. The maximum atomic E-state index is 13.8. The standard InChI is InChI=1S/C20H27FN4O3/c1-3-24-18(26)17-13-23(8-9-25(17)20(24)6-10-28-11-7-20)19(27)22-15-5-4-14(2)16(21)12-15/h4-5,12,17H,3,6-11,13H2,1-2H3,(H,22,27)/t17-/m1/s1. The molecular weight excluding hydrogens is 363 g/mol. The fourth-order valence-corrected chi connectivity index (χ4v) is 4.80. The highest BCUT2D eigenvalue weighted by Gasteiger charge is 2.57. The number of urea groups is 1. The fourth-order valence-electron chi connectivity index (χ4n) is 4.80. The predicted octanol–water partition coefficient (Wildman–Crippen LogP) is 2.02. The molecule has 0 aliphatic carbocycles. The summed E-state index contributed by atoms with van der Waals surface area (Å²) < 4.78 is 19.3. The number of nitrogens with zero attached hydrogens (tertiary/aromatic N) is 3. The second kappa shape index (κ2) is 7.33. The lowest BCUT2D eigenvalue weighted by molar-refractivity contribution is -0.135. The van der Waals surface area contributed by atoms with Crippen molar-refractivity contribution in [2.24, 2.45) is 0 Å². The average molecular weight is 390 g/mol. The van der Waals surface area contributed by atoms with Crippen molar-refractivity contribution in [3.05, 3.63) is 29.6 Å². The number of fused-ring (bicyclic) bond motifs is 2. The summed E-state index contributed by atoms with van der Waals surface area (Å²) in [6, 6.07) is 4.01. The molecule has 1 aromatic carbocycles. The lowest BCUT2D eigenvalue weighted by atomic mass is 9.96. The van der Waals surface area contributed by atoms with E-state index in [4.69, 9.17) is 4.74 Å². The molecule has 152 valence electrons. The largest absolute Gasteiger partial charge is 0.381 e. The van der Waals surface area contributed by atoms with E-state index in [-0.39, 0.29) is 29.5 Å². The Hall–Kier alpha value is -2.19. The third-order valence-electron chi connectivity index (χ3n) is 6.29. The Morgan fingerprint density at radius 1 is 1.32 bits per heavy atom. The molecule has 1 aromatic rings. The van der Waals surface area contributed by atoms with Gasteiger partial charge in [0.25, 0.3) is 0 Å². The second-order valence-corrected chi connectivity index (χ2v) is 7.73. The first-order chi connectivity index (χ1) is 13.5. The zero-order valence-electron chi connectivity index (χ0n) is 16.4. The van der Waals surface area contributed by atoms with E-state index in [9.17, 15) is 14.0 Å². The Morgan fingerprint density at radius 3 is 2.75 bits per heavy atom. The molecule has 7 nitrogen and oxygen atoms in total. The van der Waals surface area contributed by atoms with Gasteiger partial charge in [0.15, 0.2) is 0 Å². The summed E-state index contributed by atoms with van der Waals surface area (Å²) in [7, 11) is 0. The van der Waals surface area contributed by atoms with Gasteiger partial charge in [-0.15, -0.1) is 0 Å². The van der Waals surface area contributed by atoms with Crippen LogP contribution in [0.15, 0.2) is 18.2 Å². The summed E-state index contributed by atoms with van der Waals surface area (Å²) in [5.74, 6) is -0.267. The zero-order valence-corrected chi connectivity index (χ0v) is 16.4. The minimum absolute atomic E-state index is 0.0864. The molecule has 3 aliphatic rings. The number of piperazine rings is 1. The van der Waals surface area contributed by atoms with E-state index >= 15 is 0 Å². The third kappa shape index (κ3) is 3.04. The number of benzene rings is 1. The first kappa shape index (κ1) is 19.1. The number of hydrogen-bond donors (Lipinski definition) is 1. The third-order valence-corrected chi connectivity index (χ3v) is 6.29. The van der Waals surface area contributed by atoms with Crippen LogP contribution in [0.2, 0.25) is 0 Å². The Bertz CT molecular complexity index is 781. The number of carbonyl (C=O) groups excluding carboxylic acids is 2. The van der Waals surface area contributed by atoms with Gasteiger partial charge >= 0.3 is 6.03 Å². The van der Waals surface area contributed by atoms with Crippen LogP contribution in [0, 0.1) is 12.7 Å². The number of likely N-dealkylation sites (N-methyl/N-ethyl adjacent to an activating group) is 1. The van der Waals surface area contributed by atoms with E-state index in [2.05, 4.69) is 10.2 Å². The zero-order chi connectivity index (χ0) is 19.9. The molecule has 3 heterocycles. The molecule has 3 amide bonds. The molecule has 0 bridgehead atoms. The van der Waals surface area contributed by atoms with Crippen molar-refractivity contribution in [1.29, 1.82) is 0 Å². The van der Waals surface area contributed by atoms with Crippen LogP contribution in [-0.4, -0.2) is 77.7 Å². The number of amides is 3. The Labute approximate surface area is 164 Å². The van der Waals surface area contributed by atoms with Crippen LogP contribution in [0.4, 0.5) is 14.9 Å². The maximum Gasteiger partial charge on any atom is 0.321 e. The molecule has 0 saturated carbocycles. The number of aryl methyl sites for hydroxylation is 1. The number of anilines is 1. The Balaban J connectivity index is 1.49. The first-order valence-corrected chi connectivity index (χ1v) is 9.94. The summed E-state index contributed by atoms with van der Waals surface area (Å²) in [6.07, 6.45) is 1.61. The topological polar surface area (TPSA) is 65.1 Å². The normalized spacial score (nSPS) is 24.5. The highest BCUT2D eigenvalue weighted by atomic mass is 19.1. The van der Waals surface area contributed by atoms with Crippen LogP contribution in [-0.2, 0) is 9.53 Å². The van der Waals surface area contributed by atoms with Crippen molar-refractivity contribution in [1.82, 2.24) is 14.7 Å². The molecule has 8 heteroatoms. The highest BCUT2D eigenvalue weighted by molar-refractivity contribution is 5.91. The number of carbonyl (C=O) groups is 2. The van der Waals surface area contributed by atoms with Crippen LogP contribution in [0.3, 0.4) is 0 Å². The number of ether oxygens (including phenoxy) is 1. The van der Waals surface area contributed by atoms with Gasteiger partial charge in [0, 0.05) is 44.7 Å². The molecular formula is C20H27FN4O3. The SMILES string of the molecule is CCN1C(=O)[C@H]2CN(C(=O)Nc3ccc(C)c(F)c3)CCN2C12CCOCC2. The van der Waals surface area contributed by atoms with E-state index in [1.807, 2.05) is 11.8 Å². The van der Waals surface area contributed by atoms with Gasteiger partial charge < -0.3 is 19.9 Å². The molecule has 1 atom stereocenters. The summed E-state index contributed by atoms with van der Waals surface area (Å²) in [5, 5.41) is 2.75. The smallest absolute Gasteiger partial charge is 0.321 e. The number of nitrogens with one attached hydrogen (secondary N) is 1. The highest BCUT2D eigenvalue weighted by Crippen LogP contribution is 2.40. The van der Waals surface area contributed by atoms with Gasteiger partial charge in [-0.2, -0.15) is 0 Å². The van der Waals surface area contributed by atoms with Gasteiger partial charge in [-0.1, -0.05) is 6.07 Å². The number of hydrogen-bond acceptors (Lipinski definition) is 4. The first-order valence-electron chi connectivity index (χ1n) is 9.94. The molecule has 0 radical (unpaired) electrons. The van der Waals surface area contributed by atoms with Crippen LogP contribution in [0.1, 0.15) is 25.3 Å². The minimum Gasteiger partial charge on any atom is -0.381 e. The molecule has 0 unspecified atom stereocenters. The van der Waals surface area contributed by atoms with Crippen LogP contribution < -0.4 is 5.32 Å². The molecule has 4 rings (SSSR count). The fraction of sp³-hybridized carbons (Fsp3) is 0.600. The molecule has 1 spiro atoms. The monoisotopic (exact) mass is 390 g/mol. The van der Waals surface area contributed by atoms with E-state index in [0.29, 0.717) is 50.6 Å². The van der Waals surface area contributed by atoms with Crippen molar-refractivity contribution < 1.29 is 18.7 Å². The summed E-state index contributed by atoms with van der Waals surface area (Å²) in [4.78, 5) is 31.7. The quantitative estimate of drug-likeness (QED) is 0.839. The van der Waals surface area contributed by atoms with Gasteiger partial charge in [-0.3, -0.25) is 9.69 Å². The van der Waals surface area contributed by atoms with Gasteiger partial charge in [0.05, 0.1) is 13.2 Å². The average Bonchev–Trinajstić information content (AvgIpc) is 2.92. The molecule has 28 heavy (non-hydrogen) atoms. The maximum absolute atomic E-state index is 13.8. The minimum atomic E-state index is -0.353. The number of halogens is 1. The Morgan fingerprint density at radius 2 is 2.07 bits per heavy atom. The van der Waals surface area contributed by atoms with Crippen LogP contribution in [0.25, 0.3) is 0 Å². The van der Waals surface area contributed by atoms with E-state index in [1.165, 1.54) is 6.07 Å². The van der Waals surface area contributed by atoms with Gasteiger partial charge in [-0.25, -0.2) is 9.18 Å². The van der Waals surface area contributed by atoms with E-state index in [0.717, 1.165) is 12.8 Å². The van der Waals surface area contributed by atoms with E-state index < -0.39 is 0 Å². The molecule has 3 fully saturated rings. The lowest BCUT2D eigenvalue weighted by Crippen LogP contribution is -2.62. The molecule has 3 aliphatic heterocycles. The molecule has 1 N–H and O–H groups in total. The lowest BCUT2D eigenvalue weighted by Gasteiger charge is -2.48. The van der Waals surface area contributed by atoms with Crippen molar-refractivity contribution in [2.45, 2.75) is 38.4 Å². The van der Waals surface area contributed by atoms with Gasteiger partial charge in [0.1, 0.15) is 17.5 Å². The van der Waals surface area contributed by atoms with Gasteiger partial charge in [-0.05, 0) is 31.5 Å². The second-order valence-electron chi connectivity index (χ2n) is 7.73. The van der Waals surface area contributed by atoms with E-state index in [1.54, 1.807) is 24.0 Å². The van der Waals surface area contributed by atoms with Crippen LogP contribution in [0.5, 0.6) is 0 Å². The van der Waals surface area contributed by atoms with Gasteiger partial charge in [0.2, 0.25) is 5.91 Å². The summed E-state index contributed by atoms with van der Waals surface area (Å²) >= 11 is 0. The number of rotatable bonds is 2. The van der Waals surface area contributed by atoms with Crippen molar-refractivity contribution in [2.75, 3.05) is 44.7 Å². The van der Waals surface area contributed by atoms with Crippen LogP contribution >= 0.6 is 0 Å². The van der Waals surface area contributed by atoms with Crippen molar-refractivity contribution >= 4 is 17.6 Å². The van der Waals surface area contributed by atoms with Crippen molar-refractivity contribution in [3.63, 3.8) is 0 Å². The summed E-state index contributed by atoms with van der Waals surface area (Å²) in [6.45, 7) is 7.15. The molecule has 0 aromatic heterocycles. The molecule has 3 saturated heterocycles. The van der Waals surface area contributed by atoms with Crippen molar-refractivity contribution in [3.8, 4) is 0 Å². The predicted molar refractivity (Wildman–Crippen MR) is 102 cm³/mol. The Kier molecular flexibility index (Phi) is 5.01.